The molecule has 0 radical (unpaired) electrons. The van der Waals surface area contributed by atoms with E-state index < -0.39 is 49.8 Å². The Balaban J connectivity index is 0.000000412. The van der Waals surface area contributed by atoms with Crippen molar-refractivity contribution in [3.05, 3.63) is 23.8 Å². The Hall–Kier alpha value is -1.11. The van der Waals surface area contributed by atoms with Crippen molar-refractivity contribution < 1.29 is 62.7 Å². The van der Waals surface area contributed by atoms with Gasteiger partial charge in [0.1, 0.15) is 5.60 Å². The highest BCUT2D eigenvalue weighted by atomic mass is 31.2. The van der Waals surface area contributed by atoms with Crippen molar-refractivity contribution in [3.8, 4) is 0 Å². The summed E-state index contributed by atoms with van der Waals surface area (Å²) in [4.78, 5) is 67.4. The summed E-state index contributed by atoms with van der Waals surface area (Å²) in [6.45, 7) is 6.87. The van der Waals surface area contributed by atoms with Crippen LogP contribution >= 0.6 is 15.6 Å². The molecule has 4 aliphatic carbocycles. The molecule has 0 saturated heterocycles. The van der Waals surface area contributed by atoms with Crippen LogP contribution in [0, 0.1) is 28.6 Å². The molecule has 0 aromatic rings. The molecule has 3 fully saturated rings. The summed E-state index contributed by atoms with van der Waals surface area (Å²) < 4.78 is 34.6. The smallest absolute Gasteiger partial charge is 0.390 e. The number of Topliss-reactive ketones (excluding diaryl/α,β-unsaturated/α-hetero) is 1. The molecule has 0 aromatic carbocycles. The molecule has 0 aromatic heterocycles. The average Bonchev–Trinajstić information content (AvgIpc) is 2.89. The highest BCUT2D eigenvalue weighted by molar-refractivity contribution is 7.45. The van der Waals surface area contributed by atoms with Crippen molar-refractivity contribution in [1.82, 2.24) is 0 Å². The Labute approximate surface area is 213 Å². The van der Waals surface area contributed by atoms with E-state index in [0.29, 0.717) is 19.3 Å². The maximum atomic E-state index is 16.8. The number of hydrogen-bond acceptors (Lipinski definition) is 6. The number of ketones is 2. The van der Waals surface area contributed by atoms with Crippen LogP contribution in [0.5, 0.6) is 0 Å². The molecule has 0 aliphatic heterocycles. The van der Waals surface area contributed by atoms with Gasteiger partial charge in [0.2, 0.25) is 0 Å². The van der Waals surface area contributed by atoms with Gasteiger partial charge in [-0.2, -0.15) is 0 Å². The van der Waals surface area contributed by atoms with Crippen LogP contribution in [-0.2, 0) is 18.7 Å². The second-order valence-corrected chi connectivity index (χ2v) is 12.8. The molecule has 12 nitrogen and oxygen atoms in total. The summed E-state index contributed by atoms with van der Waals surface area (Å²) in [5.74, 6) is -1.39. The molecule has 8 N–H and O–H groups in total. The number of carbonyl (C=O) groups is 2. The number of allylic oxidation sites excluding steroid dienone is 4. The molecule has 15 heteroatoms. The highest BCUT2D eigenvalue weighted by Gasteiger charge is 2.75. The van der Waals surface area contributed by atoms with Crippen LogP contribution in [-0.4, -0.2) is 68.5 Å². The second-order valence-electron chi connectivity index (χ2n) is 10.8. The first-order valence-electron chi connectivity index (χ1n) is 11.5. The minimum atomic E-state index is -4.64. The largest absolute Gasteiger partial charge is 0.466 e. The number of aliphatic hydroxyl groups is 2. The zero-order valence-electron chi connectivity index (χ0n) is 20.9. The normalized spacial score (nSPS) is 42.6. The van der Waals surface area contributed by atoms with E-state index in [9.17, 15) is 19.8 Å². The Bertz CT molecular complexity index is 1060. The molecular formula is C22H35FO12P2. The van der Waals surface area contributed by atoms with Gasteiger partial charge in [-0.3, -0.25) is 9.59 Å². The number of rotatable bonds is 1. The molecular weight excluding hydrogens is 537 g/mol. The number of phosphoric acid groups is 2. The van der Waals surface area contributed by atoms with E-state index in [4.69, 9.17) is 38.5 Å². The molecule has 212 valence electrons. The van der Waals surface area contributed by atoms with E-state index in [1.807, 2.05) is 13.8 Å². The molecule has 3 saturated carbocycles. The second kappa shape index (κ2) is 10.1. The van der Waals surface area contributed by atoms with Gasteiger partial charge < -0.3 is 39.6 Å². The van der Waals surface area contributed by atoms with Crippen molar-refractivity contribution in [2.45, 2.75) is 70.8 Å². The van der Waals surface area contributed by atoms with E-state index in [1.54, 1.807) is 13.0 Å². The predicted molar refractivity (Wildman–Crippen MR) is 127 cm³/mol. The van der Waals surface area contributed by atoms with E-state index in [0.717, 1.165) is 5.57 Å². The van der Waals surface area contributed by atoms with E-state index >= 15 is 4.39 Å². The first-order valence-corrected chi connectivity index (χ1v) is 14.7. The third kappa shape index (κ3) is 5.77. The Morgan fingerprint density at radius 1 is 1.05 bits per heavy atom. The molecule has 0 bridgehead atoms. The Morgan fingerprint density at radius 2 is 1.54 bits per heavy atom. The summed E-state index contributed by atoms with van der Waals surface area (Å²) >= 11 is 0. The summed E-state index contributed by atoms with van der Waals surface area (Å²) in [7, 11) is -9.28. The summed E-state index contributed by atoms with van der Waals surface area (Å²) in [5, 5.41) is 22.5. The first kappa shape index (κ1) is 32.1. The summed E-state index contributed by atoms with van der Waals surface area (Å²) in [5.41, 5.74) is -4.62. The highest BCUT2D eigenvalue weighted by Crippen LogP contribution is 2.70. The minimum Gasteiger partial charge on any atom is -0.390 e. The van der Waals surface area contributed by atoms with E-state index in [1.165, 1.54) is 19.1 Å². The van der Waals surface area contributed by atoms with Crippen LogP contribution in [0.25, 0.3) is 0 Å². The standard InChI is InChI=1S/C22H29FO4.2H3O4P/c1-12-9-17-16-6-5-14-10-15(25)7-8-19(14,3)21(16,23)18(26)11-20(17,4)22(12,27)13(2)24;2*1-5(2,3)4/h7-8,10,12,16-18,26-27H,5-6,9,11H2,1-4H3;2*(H3,1,2,3,4)/t12-,16+,17+,18+,19+,20+,21+,22+;;/m1../s1. The van der Waals surface area contributed by atoms with Crippen LogP contribution < -0.4 is 0 Å². The number of halogens is 1. The van der Waals surface area contributed by atoms with Gasteiger partial charge in [0.15, 0.2) is 17.2 Å². The van der Waals surface area contributed by atoms with Gasteiger partial charge in [-0.1, -0.05) is 25.5 Å². The molecule has 0 amide bonds. The molecule has 37 heavy (non-hydrogen) atoms. The Kier molecular flexibility index (Phi) is 8.79. The van der Waals surface area contributed by atoms with Crippen LogP contribution in [0.1, 0.15) is 53.4 Å². The molecule has 0 unspecified atom stereocenters. The lowest BCUT2D eigenvalue weighted by Gasteiger charge is -2.62. The van der Waals surface area contributed by atoms with Crippen molar-refractivity contribution in [2.24, 2.45) is 28.6 Å². The monoisotopic (exact) mass is 572 g/mol. The lowest BCUT2D eigenvalue weighted by molar-refractivity contribution is -0.218. The number of alkyl halides is 1. The van der Waals surface area contributed by atoms with E-state index in [2.05, 4.69) is 0 Å². The fourth-order valence-corrected chi connectivity index (χ4v) is 7.30. The van der Waals surface area contributed by atoms with Crippen molar-refractivity contribution in [3.63, 3.8) is 0 Å². The topological polar surface area (TPSA) is 230 Å². The fraction of sp³-hybridized carbons (Fsp3) is 0.727. The van der Waals surface area contributed by atoms with Gasteiger partial charge in [-0.25, -0.2) is 13.5 Å². The van der Waals surface area contributed by atoms with Crippen LogP contribution in [0.4, 0.5) is 4.39 Å². The van der Waals surface area contributed by atoms with Crippen molar-refractivity contribution in [1.29, 1.82) is 0 Å². The van der Waals surface area contributed by atoms with Crippen LogP contribution in [0.15, 0.2) is 23.8 Å². The van der Waals surface area contributed by atoms with Gasteiger partial charge in [0.25, 0.3) is 0 Å². The number of carbonyl (C=O) groups excluding carboxylic acids is 2. The van der Waals surface area contributed by atoms with Crippen LogP contribution in [0.3, 0.4) is 0 Å². The third-order valence-corrected chi connectivity index (χ3v) is 8.76. The van der Waals surface area contributed by atoms with Gasteiger partial charge in [-0.05, 0) is 63.5 Å². The van der Waals surface area contributed by atoms with Gasteiger partial charge >= 0.3 is 15.6 Å². The molecule has 8 atom stereocenters. The van der Waals surface area contributed by atoms with Crippen molar-refractivity contribution >= 4 is 27.2 Å². The molecule has 0 heterocycles. The predicted octanol–water partition coefficient (Wildman–Crippen LogP) is 1.07. The SMILES string of the molecule is CC(=O)[C@@]1(O)[C@H](C)C[C@H]2[C@@H]3CCC4=CC(=O)C=C[C@]4(C)[C@@]3(F)[C@@H](O)C[C@@]21C.O=P(O)(O)O.O=P(O)(O)O. The summed E-state index contributed by atoms with van der Waals surface area (Å²) in [6, 6.07) is 0. The van der Waals surface area contributed by atoms with E-state index in [-0.39, 0.29) is 29.8 Å². The zero-order valence-corrected chi connectivity index (χ0v) is 22.6. The van der Waals surface area contributed by atoms with Crippen LogP contribution in [0.2, 0.25) is 0 Å². The molecule has 4 rings (SSSR count). The number of fused-ring (bicyclic) bond motifs is 5. The molecule has 0 spiro atoms. The average molecular weight is 572 g/mol. The summed E-state index contributed by atoms with van der Waals surface area (Å²) in [6.07, 6.45) is 4.93. The Morgan fingerprint density at radius 3 is 2.00 bits per heavy atom. The number of aliphatic hydroxyl groups excluding tert-OH is 1. The molecule has 4 aliphatic rings. The number of hydrogen-bond donors (Lipinski definition) is 8. The lowest BCUT2D eigenvalue weighted by atomic mass is 9.44. The zero-order chi connectivity index (χ0) is 29.0. The van der Waals surface area contributed by atoms with Crippen molar-refractivity contribution in [2.75, 3.05) is 0 Å². The lowest BCUT2D eigenvalue weighted by Crippen LogP contribution is -2.69. The van der Waals surface area contributed by atoms with Gasteiger partial charge in [-0.15, -0.1) is 0 Å². The fourth-order valence-electron chi connectivity index (χ4n) is 7.30. The maximum Gasteiger partial charge on any atom is 0.466 e. The third-order valence-electron chi connectivity index (χ3n) is 8.76. The van der Waals surface area contributed by atoms with Gasteiger partial charge in [0, 0.05) is 16.7 Å². The first-order chi connectivity index (χ1) is 16.4. The van der Waals surface area contributed by atoms with Gasteiger partial charge in [0.05, 0.1) is 6.10 Å². The quantitative estimate of drug-likeness (QED) is 0.206. The maximum absolute atomic E-state index is 16.8. The minimum absolute atomic E-state index is 0.0374.